The molecule has 1 aliphatic rings. The van der Waals surface area contributed by atoms with Crippen molar-refractivity contribution in [2.45, 2.75) is 33.6 Å². The summed E-state index contributed by atoms with van der Waals surface area (Å²) >= 11 is 0. The number of hydrogen-bond donors (Lipinski definition) is 0. The Morgan fingerprint density at radius 1 is 1.62 bits per heavy atom. The first-order valence-electron chi connectivity index (χ1n) is 4.88. The van der Waals surface area contributed by atoms with Gasteiger partial charge in [0.2, 0.25) is 0 Å². The minimum atomic E-state index is 0.468. The molecule has 0 saturated heterocycles. The van der Waals surface area contributed by atoms with Crippen molar-refractivity contribution in [3.05, 3.63) is 11.1 Å². The lowest BCUT2D eigenvalue weighted by Gasteiger charge is -2.16. The van der Waals surface area contributed by atoms with Crippen molar-refractivity contribution in [1.82, 2.24) is 0 Å². The van der Waals surface area contributed by atoms with Gasteiger partial charge in [-0.1, -0.05) is 18.1 Å². The van der Waals surface area contributed by atoms with Crippen molar-refractivity contribution in [3.63, 3.8) is 0 Å². The summed E-state index contributed by atoms with van der Waals surface area (Å²) < 4.78 is 4.85. The van der Waals surface area contributed by atoms with Gasteiger partial charge >= 0.3 is 0 Å². The van der Waals surface area contributed by atoms with E-state index in [0.717, 1.165) is 0 Å². The van der Waals surface area contributed by atoms with Gasteiger partial charge in [0.15, 0.2) is 0 Å². The number of rotatable bonds is 3. The normalized spacial score (nSPS) is 27.5. The van der Waals surface area contributed by atoms with E-state index in [1.54, 1.807) is 0 Å². The molecule has 0 aromatic rings. The molecule has 0 aromatic heterocycles. The molecule has 0 bridgehead atoms. The summed E-state index contributed by atoms with van der Waals surface area (Å²) in [6.07, 6.45) is 2.41. The number of hydrogen-bond acceptors (Lipinski definition) is 2. The van der Waals surface area contributed by atoms with Gasteiger partial charge in [-0.3, -0.25) is 4.79 Å². The molecular weight excluding hydrogens is 164 g/mol. The van der Waals surface area contributed by atoms with E-state index >= 15 is 0 Å². The van der Waals surface area contributed by atoms with Gasteiger partial charge in [0.25, 0.3) is 6.47 Å². The molecule has 1 rings (SSSR count). The fraction of sp³-hybridized carbons (Fsp3) is 0.727. The lowest BCUT2D eigenvalue weighted by molar-refractivity contribution is -0.129. The first-order valence-corrected chi connectivity index (χ1v) is 4.88. The minimum absolute atomic E-state index is 0.468. The highest BCUT2D eigenvalue weighted by Gasteiger charge is 2.29. The molecular formula is C11H18O2. The van der Waals surface area contributed by atoms with Gasteiger partial charge in [0.1, 0.15) is 0 Å². The van der Waals surface area contributed by atoms with Gasteiger partial charge in [-0.05, 0) is 32.6 Å². The zero-order valence-electron chi connectivity index (χ0n) is 8.67. The first kappa shape index (κ1) is 10.3. The number of ether oxygens (including phenoxy) is 1. The van der Waals surface area contributed by atoms with Crippen LogP contribution in [0.5, 0.6) is 0 Å². The average Bonchev–Trinajstić information content (AvgIpc) is 2.43. The molecule has 0 radical (unpaired) electrons. The smallest absolute Gasteiger partial charge is 0.293 e. The third kappa shape index (κ3) is 2.33. The van der Waals surface area contributed by atoms with E-state index < -0.39 is 0 Å². The van der Waals surface area contributed by atoms with E-state index in [1.165, 1.54) is 24.0 Å². The third-order valence-electron chi connectivity index (χ3n) is 2.99. The Hall–Kier alpha value is -0.790. The molecule has 2 nitrogen and oxygen atoms in total. The van der Waals surface area contributed by atoms with Crippen LogP contribution in [0.1, 0.15) is 33.6 Å². The second kappa shape index (κ2) is 4.45. The second-order valence-corrected chi connectivity index (χ2v) is 4.08. The lowest BCUT2D eigenvalue weighted by Crippen LogP contribution is -2.14. The standard InChI is InChI=1S/C11H18O2/c1-8(2)10-5-4-9(3)11(10)6-13-7-12/h7,9,11H,4-6H2,1-3H3/t9-,11+/m0/s1. The van der Waals surface area contributed by atoms with Gasteiger partial charge in [0, 0.05) is 5.92 Å². The quantitative estimate of drug-likeness (QED) is 0.495. The van der Waals surface area contributed by atoms with E-state index in [1.807, 2.05) is 0 Å². The van der Waals surface area contributed by atoms with Gasteiger partial charge in [-0.25, -0.2) is 0 Å². The molecule has 74 valence electrons. The van der Waals surface area contributed by atoms with Crippen LogP contribution < -0.4 is 0 Å². The third-order valence-corrected chi connectivity index (χ3v) is 2.99. The van der Waals surface area contributed by atoms with Crippen molar-refractivity contribution in [1.29, 1.82) is 0 Å². The SMILES string of the molecule is CC(C)=C1CC[C@H](C)[C@H]1COC=O. The zero-order chi connectivity index (χ0) is 9.84. The van der Waals surface area contributed by atoms with Crippen LogP contribution in [0.4, 0.5) is 0 Å². The molecule has 0 heterocycles. The van der Waals surface area contributed by atoms with Crippen molar-refractivity contribution in [2.75, 3.05) is 6.61 Å². The Kier molecular flexibility index (Phi) is 3.52. The topological polar surface area (TPSA) is 26.3 Å². The summed E-state index contributed by atoms with van der Waals surface area (Å²) in [7, 11) is 0. The summed E-state index contributed by atoms with van der Waals surface area (Å²) in [5.74, 6) is 1.13. The van der Waals surface area contributed by atoms with Crippen LogP contribution in [0, 0.1) is 11.8 Å². The van der Waals surface area contributed by atoms with E-state index in [4.69, 9.17) is 4.74 Å². The molecule has 2 atom stereocenters. The Bertz CT molecular complexity index is 214. The van der Waals surface area contributed by atoms with E-state index in [9.17, 15) is 4.79 Å². The molecule has 0 unspecified atom stereocenters. The van der Waals surface area contributed by atoms with Crippen LogP contribution in [0.2, 0.25) is 0 Å². The summed E-state index contributed by atoms with van der Waals surface area (Å²) in [6.45, 7) is 7.62. The average molecular weight is 182 g/mol. The molecule has 1 fully saturated rings. The van der Waals surface area contributed by atoms with Crippen LogP contribution in [-0.4, -0.2) is 13.1 Å². The van der Waals surface area contributed by atoms with Crippen molar-refractivity contribution >= 4 is 6.47 Å². The fourth-order valence-corrected chi connectivity index (χ4v) is 2.14. The fourth-order valence-electron chi connectivity index (χ4n) is 2.14. The maximum Gasteiger partial charge on any atom is 0.293 e. The second-order valence-electron chi connectivity index (χ2n) is 4.08. The van der Waals surface area contributed by atoms with Crippen molar-refractivity contribution in [3.8, 4) is 0 Å². The molecule has 0 amide bonds. The minimum Gasteiger partial charge on any atom is -0.467 e. The number of carbonyl (C=O) groups excluding carboxylic acids is 1. The van der Waals surface area contributed by atoms with E-state index in [2.05, 4.69) is 20.8 Å². The molecule has 1 saturated carbocycles. The monoisotopic (exact) mass is 182 g/mol. The van der Waals surface area contributed by atoms with Crippen LogP contribution in [0.15, 0.2) is 11.1 Å². The predicted molar refractivity (Wildman–Crippen MR) is 52.3 cm³/mol. The van der Waals surface area contributed by atoms with Crippen molar-refractivity contribution in [2.24, 2.45) is 11.8 Å². The Labute approximate surface area is 80.0 Å². The van der Waals surface area contributed by atoms with Crippen LogP contribution in [0.3, 0.4) is 0 Å². The number of allylic oxidation sites excluding steroid dienone is 1. The van der Waals surface area contributed by atoms with E-state index in [-0.39, 0.29) is 0 Å². The Morgan fingerprint density at radius 3 is 2.85 bits per heavy atom. The van der Waals surface area contributed by atoms with Crippen molar-refractivity contribution < 1.29 is 9.53 Å². The predicted octanol–water partition coefficient (Wildman–Crippen LogP) is 2.54. The number of carbonyl (C=O) groups is 1. The summed E-state index contributed by atoms with van der Waals surface area (Å²) in [4.78, 5) is 10.1. The van der Waals surface area contributed by atoms with Crippen LogP contribution >= 0.6 is 0 Å². The van der Waals surface area contributed by atoms with Gasteiger partial charge in [-0.2, -0.15) is 0 Å². The molecule has 0 aliphatic heterocycles. The van der Waals surface area contributed by atoms with E-state index in [0.29, 0.717) is 24.9 Å². The molecule has 13 heavy (non-hydrogen) atoms. The maximum absolute atomic E-state index is 10.1. The van der Waals surface area contributed by atoms with Crippen LogP contribution in [-0.2, 0) is 9.53 Å². The first-order chi connectivity index (χ1) is 6.16. The molecule has 0 N–H and O–H groups in total. The van der Waals surface area contributed by atoms with Gasteiger partial charge < -0.3 is 4.74 Å². The Balaban J connectivity index is 2.66. The van der Waals surface area contributed by atoms with Gasteiger partial charge in [0.05, 0.1) is 6.61 Å². The Morgan fingerprint density at radius 2 is 2.31 bits per heavy atom. The lowest BCUT2D eigenvalue weighted by atomic mass is 9.93. The van der Waals surface area contributed by atoms with Crippen LogP contribution in [0.25, 0.3) is 0 Å². The molecule has 2 heteroatoms. The molecule has 1 aliphatic carbocycles. The zero-order valence-corrected chi connectivity index (χ0v) is 8.67. The maximum atomic E-state index is 10.1. The highest BCUT2D eigenvalue weighted by Crippen LogP contribution is 2.37. The largest absolute Gasteiger partial charge is 0.467 e. The van der Waals surface area contributed by atoms with Gasteiger partial charge in [-0.15, -0.1) is 0 Å². The summed E-state index contributed by atoms with van der Waals surface area (Å²) in [5, 5.41) is 0. The molecule has 0 spiro atoms. The summed E-state index contributed by atoms with van der Waals surface area (Å²) in [6, 6.07) is 0. The highest BCUT2D eigenvalue weighted by atomic mass is 16.5. The highest BCUT2D eigenvalue weighted by molar-refractivity contribution is 5.37. The summed E-state index contributed by atoms with van der Waals surface area (Å²) in [5.41, 5.74) is 2.89. The molecule has 0 aromatic carbocycles.